The summed E-state index contributed by atoms with van der Waals surface area (Å²) in [5.41, 5.74) is 6.36. The molecule has 0 fully saturated rings. The van der Waals surface area contributed by atoms with Gasteiger partial charge in [-0.2, -0.15) is 0 Å². The van der Waals surface area contributed by atoms with Crippen LogP contribution in [0, 0.1) is 0 Å². The van der Waals surface area contributed by atoms with Crippen LogP contribution in [0.5, 0.6) is 5.75 Å². The normalized spacial score (nSPS) is 16.2. The maximum Gasteiger partial charge on any atom is 0.344 e. The first kappa shape index (κ1) is 25.5. The van der Waals surface area contributed by atoms with Crippen LogP contribution >= 0.6 is 27.3 Å². The van der Waals surface area contributed by atoms with E-state index in [-0.39, 0.29) is 18.2 Å². The summed E-state index contributed by atoms with van der Waals surface area (Å²) in [6, 6.07) is 23.7. The number of esters is 1. The number of nitrogens with zero attached hydrogens (tertiary/aromatic N) is 2. The number of allylic oxidation sites excluding steroid dienone is 1. The lowest BCUT2D eigenvalue weighted by Crippen LogP contribution is -2.38. The van der Waals surface area contributed by atoms with Crippen molar-refractivity contribution in [1.29, 1.82) is 0 Å². The number of halogens is 1. The monoisotopic (exact) mass is 600 g/mol. The molecule has 6 nitrogen and oxygen atoms in total. The first-order valence-electron chi connectivity index (χ1n) is 12.8. The Morgan fingerprint density at radius 1 is 1.10 bits per heavy atom. The number of carbonyl (C=O) groups is 1. The van der Waals surface area contributed by atoms with E-state index < -0.39 is 5.97 Å². The molecule has 0 N–H and O–H groups in total. The lowest BCUT2D eigenvalue weighted by Gasteiger charge is -2.30. The van der Waals surface area contributed by atoms with Crippen LogP contribution in [0.2, 0.25) is 0 Å². The third-order valence-electron chi connectivity index (χ3n) is 6.88. The van der Waals surface area contributed by atoms with Gasteiger partial charge in [0.1, 0.15) is 5.75 Å². The number of rotatable bonds is 6. The topological polar surface area (TPSA) is 69.9 Å². The van der Waals surface area contributed by atoms with E-state index in [0.717, 1.165) is 39.7 Å². The highest BCUT2D eigenvalue weighted by atomic mass is 79.9. The average molecular weight is 602 g/mol. The Kier molecular flexibility index (Phi) is 7.06. The zero-order valence-corrected chi connectivity index (χ0v) is 23.6. The van der Waals surface area contributed by atoms with Crippen LogP contribution in [-0.2, 0) is 16.0 Å². The first-order valence-corrected chi connectivity index (χ1v) is 14.4. The number of hydrogen-bond donors (Lipinski definition) is 0. The molecule has 8 heteroatoms. The van der Waals surface area contributed by atoms with Crippen molar-refractivity contribution < 1.29 is 14.3 Å². The number of benzene rings is 3. The number of ether oxygens (including phenoxy) is 2. The van der Waals surface area contributed by atoms with Crippen molar-refractivity contribution in [3.05, 3.63) is 125 Å². The van der Waals surface area contributed by atoms with E-state index in [1.54, 1.807) is 13.0 Å². The Morgan fingerprint density at radius 2 is 1.92 bits per heavy atom. The van der Waals surface area contributed by atoms with E-state index in [4.69, 9.17) is 14.5 Å². The van der Waals surface area contributed by atoms with Crippen LogP contribution in [0.25, 0.3) is 11.8 Å². The fourth-order valence-electron chi connectivity index (χ4n) is 5.16. The van der Waals surface area contributed by atoms with Gasteiger partial charge in [-0.25, -0.2) is 9.79 Å². The second kappa shape index (κ2) is 10.8. The van der Waals surface area contributed by atoms with Crippen molar-refractivity contribution in [2.75, 3.05) is 13.2 Å². The van der Waals surface area contributed by atoms with Crippen molar-refractivity contribution >= 4 is 45.0 Å². The van der Waals surface area contributed by atoms with E-state index in [9.17, 15) is 9.59 Å². The number of aryl methyl sites for hydroxylation is 1. The first-order chi connectivity index (χ1) is 19.0. The third kappa shape index (κ3) is 5.02. The lowest BCUT2D eigenvalue weighted by molar-refractivity contribution is -0.145. The molecule has 0 saturated heterocycles. The highest BCUT2D eigenvalue weighted by Gasteiger charge is 2.32. The fraction of sp³-hybridized carbons (Fsp3) is 0.194. The maximum atomic E-state index is 13.9. The molecular formula is C31H25BrN2O4S. The van der Waals surface area contributed by atoms with Crippen LogP contribution in [-0.4, -0.2) is 23.8 Å². The minimum absolute atomic E-state index is 0.0741. The van der Waals surface area contributed by atoms with Crippen molar-refractivity contribution in [2.45, 2.75) is 25.8 Å². The molecule has 2 heterocycles. The molecule has 39 heavy (non-hydrogen) atoms. The van der Waals surface area contributed by atoms with E-state index >= 15 is 0 Å². The molecule has 4 aromatic rings. The molecule has 1 unspecified atom stereocenters. The summed E-state index contributed by atoms with van der Waals surface area (Å²) in [6.07, 6.45) is 3.62. The summed E-state index contributed by atoms with van der Waals surface area (Å²) >= 11 is 4.93. The summed E-state index contributed by atoms with van der Waals surface area (Å²) in [5.74, 6) is 0.110. The van der Waals surface area contributed by atoms with Gasteiger partial charge in [-0.05, 0) is 72.4 Å². The smallest absolute Gasteiger partial charge is 0.344 e. The zero-order chi connectivity index (χ0) is 26.9. The predicted octanol–water partition coefficient (Wildman–Crippen LogP) is 5.02. The van der Waals surface area contributed by atoms with Crippen LogP contribution in [0.3, 0.4) is 0 Å². The van der Waals surface area contributed by atoms with Gasteiger partial charge in [-0.15, -0.1) is 0 Å². The Balaban J connectivity index is 1.46. The summed E-state index contributed by atoms with van der Waals surface area (Å²) < 4.78 is 13.9. The van der Waals surface area contributed by atoms with E-state index in [1.165, 1.54) is 22.5 Å². The van der Waals surface area contributed by atoms with E-state index in [2.05, 4.69) is 46.3 Å². The summed E-state index contributed by atoms with van der Waals surface area (Å²) in [6.45, 7) is 1.89. The van der Waals surface area contributed by atoms with Gasteiger partial charge in [-0.3, -0.25) is 9.36 Å². The molecule has 0 radical (unpaired) electrons. The molecular weight excluding hydrogens is 576 g/mol. The lowest BCUT2D eigenvalue weighted by atomic mass is 9.83. The molecule has 196 valence electrons. The number of thiazole rings is 1. The maximum absolute atomic E-state index is 13.9. The fourth-order valence-corrected chi connectivity index (χ4v) is 6.42. The number of aromatic nitrogens is 1. The van der Waals surface area contributed by atoms with Gasteiger partial charge in [0, 0.05) is 10.0 Å². The second-order valence-electron chi connectivity index (χ2n) is 9.33. The van der Waals surface area contributed by atoms with Gasteiger partial charge >= 0.3 is 5.97 Å². The highest BCUT2D eigenvalue weighted by molar-refractivity contribution is 9.10. The van der Waals surface area contributed by atoms with Crippen LogP contribution < -0.4 is 19.6 Å². The van der Waals surface area contributed by atoms with Crippen LogP contribution in [0.15, 0.2) is 92.6 Å². The Hall–Kier alpha value is -3.75. The van der Waals surface area contributed by atoms with Gasteiger partial charge in [0.15, 0.2) is 11.4 Å². The number of hydrogen-bond acceptors (Lipinski definition) is 6. The number of fused-ring (bicyclic) bond motifs is 3. The number of carbonyl (C=O) groups excluding carboxylic acids is 1. The quantitative estimate of drug-likeness (QED) is 0.291. The van der Waals surface area contributed by atoms with Gasteiger partial charge in [0.2, 0.25) is 0 Å². The van der Waals surface area contributed by atoms with E-state index in [1.807, 2.05) is 47.0 Å². The molecule has 2 aliphatic rings. The standard InChI is InChI=1S/C31H25BrN2O4S/c1-2-37-27(35)18-38-23-8-5-6-19(16-23)17-26-30(36)34-29(21-10-13-22(32)14-11-21)25-15-12-20-7-3-4-9-24(20)28(25)33-31(34)39-26/h3-11,13-14,16-17,29H,2,12,15,18H2,1H3. The van der Waals surface area contributed by atoms with Crippen molar-refractivity contribution in [2.24, 2.45) is 4.99 Å². The minimum Gasteiger partial charge on any atom is -0.482 e. The van der Waals surface area contributed by atoms with E-state index in [0.29, 0.717) is 21.7 Å². The largest absolute Gasteiger partial charge is 0.482 e. The Labute approximate surface area is 237 Å². The molecule has 0 bridgehead atoms. The zero-order valence-electron chi connectivity index (χ0n) is 21.2. The van der Waals surface area contributed by atoms with Crippen LogP contribution in [0.1, 0.15) is 41.6 Å². The molecule has 1 atom stereocenters. The molecule has 1 aliphatic heterocycles. The molecule has 0 spiro atoms. The van der Waals surface area contributed by atoms with Gasteiger partial charge in [0.25, 0.3) is 5.56 Å². The molecule has 1 aliphatic carbocycles. The predicted molar refractivity (Wildman–Crippen MR) is 155 cm³/mol. The average Bonchev–Trinajstić information content (AvgIpc) is 3.26. The Bertz CT molecular complexity index is 1790. The van der Waals surface area contributed by atoms with Crippen LogP contribution in [0.4, 0.5) is 0 Å². The molecule has 1 aromatic heterocycles. The summed E-state index contributed by atoms with van der Waals surface area (Å²) in [7, 11) is 0. The van der Waals surface area contributed by atoms with Gasteiger partial charge < -0.3 is 9.47 Å². The van der Waals surface area contributed by atoms with Crippen molar-refractivity contribution in [3.63, 3.8) is 0 Å². The molecule has 6 rings (SSSR count). The minimum atomic E-state index is -0.422. The highest BCUT2D eigenvalue weighted by Crippen LogP contribution is 2.41. The molecule has 0 amide bonds. The third-order valence-corrected chi connectivity index (χ3v) is 8.39. The second-order valence-corrected chi connectivity index (χ2v) is 11.3. The molecule has 3 aromatic carbocycles. The van der Waals surface area contributed by atoms with Gasteiger partial charge in [0.05, 0.1) is 22.9 Å². The van der Waals surface area contributed by atoms with Gasteiger partial charge in [-0.1, -0.05) is 75.8 Å². The molecule has 0 saturated carbocycles. The summed E-state index contributed by atoms with van der Waals surface area (Å²) in [5, 5.41) is 0. The SMILES string of the molecule is CCOC(=O)COc1cccc(C=c2sc3n(c2=O)C(c2ccc(Br)cc2)C2=C(N=3)c3ccccc3CC2)c1. The van der Waals surface area contributed by atoms with Crippen molar-refractivity contribution in [3.8, 4) is 5.75 Å². The summed E-state index contributed by atoms with van der Waals surface area (Å²) in [4.78, 5) is 31.4. The van der Waals surface area contributed by atoms with Crippen molar-refractivity contribution in [1.82, 2.24) is 4.57 Å². The Morgan fingerprint density at radius 3 is 2.74 bits per heavy atom.